The summed E-state index contributed by atoms with van der Waals surface area (Å²) in [5, 5.41) is 0. The average molecular weight is 200 g/mol. The largest absolute Gasteiger partial charge is 0.294 e. The molecule has 0 fully saturated rings. The zero-order chi connectivity index (χ0) is 9.68. The predicted molar refractivity (Wildman–Crippen MR) is 49.5 cm³/mol. The Kier molecular flexibility index (Phi) is 3.72. The van der Waals surface area contributed by atoms with E-state index in [1.165, 1.54) is 6.07 Å². The summed E-state index contributed by atoms with van der Waals surface area (Å²) in [5.41, 5.74) is 1.97. The van der Waals surface area contributed by atoms with E-state index in [1.54, 1.807) is 18.2 Å². The zero-order valence-electron chi connectivity index (χ0n) is 6.79. The molecule has 13 heavy (non-hydrogen) atoms. The molecule has 1 aromatic rings. The first-order valence-electron chi connectivity index (χ1n) is 3.61. The minimum absolute atomic E-state index is 0.122. The molecule has 0 heterocycles. The molecule has 0 aliphatic heterocycles. The van der Waals surface area contributed by atoms with Gasteiger partial charge in [0.15, 0.2) is 0 Å². The van der Waals surface area contributed by atoms with Crippen molar-refractivity contribution in [3.05, 3.63) is 30.1 Å². The lowest BCUT2D eigenvalue weighted by atomic mass is 10.3. The topological polar surface area (TPSA) is 55.1 Å². The molecule has 0 radical (unpaired) electrons. The summed E-state index contributed by atoms with van der Waals surface area (Å²) in [4.78, 5) is 11.2. The highest BCUT2D eigenvalue weighted by Gasteiger charge is 2.03. The summed E-state index contributed by atoms with van der Waals surface area (Å²) < 4.78 is 13.0. The number of thioether (sulfide) groups is 1. The van der Waals surface area contributed by atoms with E-state index >= 15 is 0 Å². The first kappa shape index (κ1) is 10.0. The second-order valence-electron chi connectivity index (χ2n) is 2.29. The minimum atomic E-state index is -0.326. The first-order chi connectivity index (χ1) is 6.24. The Morgan fingerprint density at radius 1 is 1.54 bits per heavy atom. The van der Waals surface area contributed by atoms with Crippen LogP contribution in [-0.4, -0.2) is 11.7 Å². The third-order valence-corrected chi connectivity index (χ3v) is 2.41. The van der Waals surface area contributed by atoms with Crippen LogP contribution in [0.5, 0.6) is 0 Å². The molecular weight excluding hydrogens is 191 g/mol. The molecule has 0 unspecified atom stereocenters. The molecule has 1 amide bonds. The van der Waals surface area contributed by atoms with Crippen LogP contribution < -0.4 is 11.3 Å². The molecule has 1 aromatic carbocycles. The monoisotopic (exact) mass is 200 g/mol. The van der Waals surface area contributed by atoms with Gasteiger partial charge in [0.2, 0.25) is 5.91 Å². The SMILES string of the molecule is NNC(=O)CSc1ccccc1F. The van der Waals surface area contributed by atoms with Crippen molar-refractivity contribution >= 4 is 17.7 Å². The van der Waals surface area contributed by atoms with Crippen molar-refractivity contribution in [2.75, 3.05) is 5.75 Å². The summed E-state index contributed by atoms with van der Waals surface area (Å²) >= 11 is 1.11. The van der Waals surface area contributed by atoms with Crippen LogP contribution >= 0.6 is 11.8 Å². The maximum atomic E-state index is 13.0. The smallest absolute Gasteiger partial charge is 0.244 e. The number of carbonyl (C=O) groups excluding carboxylic acids is 1. The van der Waals surface area contributed by atoms with E-state index in [9.17, 15) is 9.18 Å². The Morgan fingerprint density at radius 3 is 2.85 bits per heavy atom. The Balaban J connectivity index is 2.54. The highest BCUT2D eigenvalue weighted by molar-refractivity contribution is 8.00. The van der Waals surface area contributed by atoms with Crippen molar-refractivity contribution in [3.8, 4) is 0 Å². The van der Waals surface area contributed by atoms with Gasteiger partial charge in [0, 0.05) is 4.90 Å². The van der Waals surface area contributed by atoms with Crippen molar-refractivity contribution < 1.29 is 9.18 Å². The first-order valence-corrected chi connectivity index (χ1v) is 4.59. The molecule has 0 spiro atoms. The minimum Gasteiger partial charge on any atom is -0.294 e. The quantitative estimate of drug-likeness (QED) is 0.330. The number of nitrogens with two attached hydrogens (primary N) is 1. The summed E-state index contributed by atoms with van der Waals surface area (Å²) in [7, 11) is 0. The third-order valence-electron chi connectivity index (χ3n) is 1.36. The number of halogens is 1. The third kappa shape index (κ3) is 3.04. The number of benzene rings is 1. The van der Waals surface area contributed by atoms with Crippen molar-refractivity contribution in [1.29, 1.82) is 0 Å². The van der Waals surface area contributed by atoms with Crippen LogP contribution in [0.1, 0.15) is 0 Å². The van der Waals surface area contributed by atoms with Gasteiger partial charge in [0.05, 0.1) is 5.75 Å². The highest BCUT2D eigenvalue weighted by Crippen LogP contribution is 2.20. The van der Waals surface area contributed by atoms with Gasteiger partial charge in [-0.05, 0) is 12.1 Å². The fourth-order valence-electron chi connectivity index (χ4n) is 0.747. The van der Waals surface area contributed by atoms with Crippen molar-refractivity contribution in [1.82, 2.24) is 5.43 Å². The molecular formula is C8H9FN2OS. The second-order valence-corrected chi connectivity index (χ2v) is 3.30. The van der Waals surface area contributed by atoms with Gasteiger partial charge in [-0.2, -0.15) is 0 Å². The zero-order valence-corrected chi connectivity index (χ0v) is 7.60. The lowest BCUT2D eigenvalue weighted by Gasteiger charge is -2.01. The number of amides is 1. The normalized spacial score (nSPS) is 9.69. The average Bonchev–Trinajstić information content (AvgIpc) is 2.16. The van der Waals surface area contributed by atoms with E-state index in [2.05, 4.69) is 0 Å². The van der Waals surface area contributed by atoms with Gasteiger partial charge in [-0.15, -0.1) is 11.8 Å². The fourth-order valence-corrected chi connectivity index (χ4v) is 1.50. The van der Waals surface area contributed by atoms with Gasteiger partial charge in [0.25, 0.3) is 0 Å². The van der Waals surface area contributed by atoms with E-state index in [-0.39, 0.29) is 17.5 Å². The second kappa shape index (κ2) is 4.84. The maximum absolute atomic E-state index is 13.0. The van der Waals surface area contributed by atoms with Crippen LogP contribution in [0.15, 0.2) is 29.2 Å². The summed E-state index contributed by atoms with van der Waals surface area (Å²) in [6.45, 7) is 0. The van der Waals surface area contributed by atoms with Gasteiger partial charge in [-0.3, -0.25) is 10.2 Å². The van der Waals surface area contributed by atoms with Gasteiger partial charge in [-0.25, -0.2) is 10.2 Å². The van der Waals surface area contributed by atoms with E-state index in [1.807, 2.05) is 5.43 Å². The molecule has 0 aromatic heterocycles. The number of hydrogen-bond donors (Lipinski definition) is 2. The van der Waals surface area contributed by atoms with Crippen LogP contribution in [-0.2, 0) is 4.79 Å². The Morgan fingerprint density at radius 2 is 2.23 bits per heavy atom. The molecule has 0 bridgehead atoms. The Bertz CT molecular complexity index is 306. The lowest BCUT2D eigenvalue weighted by Crippen LogP contribution is -2.31. The Labute approximate surface area is 79.5 Å². The van der Waals surface area contributed by atoms with Crippen molar-refractivity contribution in [3.63, 3.8) is 0 Å². The van der Waals surface area contributed by atoms with Crippen molar-refractivity contribution in [2.24, 2.45) is 5.84 Å². The van der Waals surface area contributed by atoms with Gasteiger partial charge >= 0.3 is 0 Å². The number of hydrogen-bond acceptors (Lipinski definition) is 3. The van der Waals surface area contributed by atoms with E-state index < -0.39 is 0 Å². The fraction of sp³-hybridized carbons (Fsp3) is 0.125. The molecule has 3 N–H and O–H groups in total. The van der Waals surface area contributed by atoms with Crippen LogP contribution in [0.25, 0.3) is 0 Å². The van der Waals surface area contributed by atoms with E-state index in [4.69, 9.17) is 5.84 Å². The summed E-state index contributed by atoms with van der Waals surface area (Å²) in [6, 6.07) is 6.28. The van der Waals surface area contributed by atoms with Crippen molar-refractivity contribution in [2.45, 2.75) is 4.90 Å². The Hall–Kier alpha value is -1.07. The maximum Gasteiger partial charge on any atom is 0.244 e. The molecule has 5 heteroatoms. The van der Waals surface area contributed by atoms with E-state index in [0.29, 0.717) is 4.90 Å². The van der Waals surface area contributed by atoms with Crippen LogP contribution in [0, 0.1) is 5.82 Å². The molecule has 0 aliphatic carbocycles. The number of rotatable bonds is 3. The molecule has 0 saturated heterocycles. The highest BCUT2D eigenvalue weighted by atomic mass is 32.2. The molecule has 0 saturated carbocycles. The predicted octanol–water partition coefficient (Wildman–Crippen LogP) is 0.908. The lowest BCUT2D eigenvalue weighted by molar-refractivity contribution is -0.118. The standard InChI is InChI=1S/C8H9FN2OS/c9-6-3-1-2-4-7(6)13-5-8(12)11-10/h1-4H,5,10H2,(H,11,12). The summed E-state index contributed by atoms with van der Waals surface area (Å²) in [5.74, 6) is 4.34. The number of carbonyl (C=O) groups is 1. The van der Waals surface area contributed by atoms with Crippen LogP contribution in [0.3, 0.4) is 0 Å². The summed E-state index contributed by atoms with van der Waals surface area (Å²) in [6.07, 6.45) is 0. The van der Waals surface area contributed by atoms with Gasteiger partial charge < -0.3 is 0 Å². The van der Waals surface area contributed by atoms with Gasteiger partial charge in [-0.1, -0.05) is 12.1 Å². The molecule has 70 valence electrons. The number of hydrazine groups is 1. The molecule has 1 rings (SSSR count). The molecule has 0 aliphatic rings. The van der Waals surface area contributed by atoms with Crippen LogP contribution in [0.2, 0.25) is 0 Å². The van der Waals surface area contributed by atoms with E-state index in [0.717, 1.165) is 11.8 Å². The number of nitrogens with one attached hydrogen (secondary N) is 1. The molecule has 3 nitrogen and oxygen atoms in total. The molecule has 0 atom stereocenters. The van der Waals surface area contributed by atoms with Crippen LogP contribution in [0.4, 0.5) is 4.39 Å². The van der Waals surface area contributed by atoms with Gasteiger partial charge in [0.1, 0.15) is 5.82 Å².